The first-order chi connectivity index (χ1) is 4.93. The Hall–Kier alpha value is -0.970. The molecule has 0 bridgehead atoms. The van der Waals surface area contributed by atoms with Gasteiger partial charge in [0.25, 0.3) is 0 Å². The van der Waals surface area contributed by atoms with Gasteiger partial charge in [0, 0.05) is 6.42 Å². The van der Waals surface area contributed by atoms with E-state index in [0.717, 1.165) is 25.9 Å². The van der Waals surface area contributed by atoms with Gasteiger partial charge >= 0.3 is 0 Å². The summed E-state index contributed by atoms with van der Waals surface area (Å²) in [4.78, 5) is 3.28. The van der Waals surface area contributed by atoms with Crippen molar-refractivity contribution in [3.05, 3.63) is 23.3 Å². The summed E-state index contributed by atoms with van der Waals surface area (Å²) in [6.45, 7) is 8.03. The van der Waals surface area contributed by atoms with E-state index in [1.807, 2.05) is 6.26 Å². The third-order valence-electron chi connectivity index (χ3n) is 1.55. The lowest BCUT2D eigenvalue weighted by molar-refractivity contribution is 0.223. The Morgan fingerprint density at radius 3 is 3.20 bits per heavy atom. The first kappa shape index (κ1) is 7.14. The zero-order chi connectivity index (χ0) is 7.23. The van der Waals surface area contributed by atoms with E-state index >= 15 is 0 Å². The summed E-state index contributed by atoms with van der Waals surface area (Å²) in [7, 11) is 0. The summed E-state index contributed by atoms with van der Waals surface area (Å²) >= 11 is 0. The van der Waals surface area contributed by atoms with Crippen molar-refractivity contribution in [3.63, 3.8) is 0 Å². The SMILES string of the molecule is [C-]#[N+]CCC1=COCCC1. The zero-order valence-corrected chi connectivity index (χ0v) is 5.97. The molecule has 0 radical (unpaired) electrons. The summed E-state index contributed by atoms with van der Waals surface area (Å²) < 4.78 is 5.11. The molecule has 0 aromatic carbocycles. The van der Waals surface area contributed by atoms with Crippen molar-refractivity contribution in [3.8, 4) is 0 Å². The first-order valence-electron chi connectivity index (χ1n) is 3.56. The van der Waals surface area contributed by atoms with E-state index < -0.39 is 0 Å². The van der Waals surface area contributed by atoms with Gasteiger partial charge in [-0.3, -0.25) is 0 Å². The van der Waals surface area contributed by atoms with Crippen molar-refractivity contribution in [2.45, 2.75) is 19.3 Å². The van der Waals surface area contributed by atoms with Gasteiger partial charge in [-0.15, -0.1) is 0 Å². The molecule has 0 amide bonds. The monoisotopic (exact) mass is 137 g/mol. The van der Waals surface area contributed by atoms with E-state index in [1.165, 1.54) is 5.57 Å². The predicted octanol–water partition coefficient (Wildman–Crippen LogP) is 1.99. The van der Waals surface area contributed by atoms with Crippen LogP contribution in [0.2, 0.25) is 0 Å². The Morgan fingerprint density at radius 2 is 2.60 bits per heavy atom. The highest BCUT2D eigenvalue weighted by molar-refractivity contribution is 5.01. The Bertz CT molecular complexity index is 167. The van der Waals surface area contributed by atoms with Crippen molar-refractivity contribution in [2.75, 3.05) is 13.2 Å². The summed E-state index contributed by atoms with van der Waals surface area (Å²) in [5, 5.41) is 0. The average Bonchev–Trinajstić information content (AvgIpc) is 2.03. The van der Waals surface area contributed by atoms with Crippen LogP contribution >= 0.6 is 0 Å². The summed E-state index contributed by atoms with van der Waals surface area (Å²) in [6.07, 6.45) is 4.94. The minimum atomic E-state index is 0.606. The van der Waals surface area contributed by atoms with Gasteiger partial charge in [-0.25, -0.2) is 6.57 Å². The van der Waals surface area contributed by atoms with Crippen LogP contribution in [0.5, 0.6) is 0 Å². The fourth-order valence-electron chi connectivity index (χ4n) is 1.00. The van der Waals surface area contributed by atoms with Crippen LogP contribution in [-0.4, -0.2) is 13.2 Å². The fraction of sp³-hybridized carbons (Fsp3) is 0.625. The molecule has 0 unspecified atom stereocenters. The third-order valence-corrected chi connectivity index (χ3v) is 1.55. The van der Waals surface area contributed by atoms with Gasteiger partial charge in [0.1, 0.15) is 0 Å². The minimum absolute atomic E-state index is 0.606. The molecule has 0 aromatic heterocycles. The maximum absolute atomic E-state index is 6.58. The average molecular weight is 137 g/mol. The van der Waals surface area contributed by atoms with E-state index in [9.17, 15) is 0 Å². The van der Waals surface area contributed by atoms with Gasteiger partial charge in [-0.05, 0) is 18.4 Å². The molecule has 0 saturated heterocycles. The normalized spacial score (nSPS) is 16.9. The molecule has 2 nitrogen and oxygen atoms in total. The van der Waals surface area contributed by atoms with Crippen LogP contribution in [0, 0.1) is 6.57 Å². The molecule has 0 aliphatic carbocycles. The van der Waals surface area contributed by atoms with E-state index in [2.05, 4.69) is 4.85 Å². The highest BCUT2D eigenvalue weighted by Gasteiger charge is 2.04. The van der Waals surface area contributed by atoms with Crippen LogP contribution in [0.25, 0.3) is 4.85 Å². The molecule has 10 heavy (non-hydrogen) atoms. The number of rotatable bonds is 2. The number of ether oxygens (including phenoxy) is 1. The second kappa shape index (κ2) is 3.94. The Morgan fingerprint density at radius 1 is 1.70 bits per heavy atom. The summed E-state index contributed by atoms with van der Waals surface area (Å²) in [6, 6.07) is 0. The van der Waals surface area contributed by atoms with Crippen LogP contribution in [0.1, 0.15) is 19.3 Å². The molecule has 1 aliphatic rings. The lowest BCUT2D eigenvalue weighted by Gasteiger charge is -2.10. The van der Waals surface area contributed by atoms with Gasteiger partial charge in [-0.1, -0.05) is 0 Å². The molecule has 0 aromatic rings. The number of nitrogens with zero attached hydrogens (tertiary/aromatic N) is 1. The Balaban J connectivity index is 2.26. The fourth-order valence-corrected chi connectivity index (χ4v) is 1.00. The van der Waals surface area contributed by atoms with E-state index in [0.29, 0.717) is 6.54 Å². The number of hydrogen-bond donors (Lipinski definition) is 0. The summed E-state index contributed by atoms with van der Waals surface area (Å²) in [5.41, 5.74) is 1.29. The van der Waals surface area contributed by atoms with Crippen LogP contribution in [0.4, 0.5) is 0 Å². The Kier molecular flexibility index (Phi) is 2.82. The topological polar surface area (TPSA) is 13.6 Å². The van der Waals surface area contributed by atoms with E-state index in [4.69, 9.17) is 11.3 Å². The van der Waals surface area contributed by atoms with Crippen LogP contribution in [-0.2, 0) is 4.74 Å². The predicted molar refractivity (Wildman–Crippen MR) is 39.4 cm³/mol. The highest BCUT2D eigenvalue weighted by Crippen LogP contribution is 2.14. The van der Waals surface area contributed by atoms with Crippen LogP contribution < -0.4 is 0 Å². The Labute approximate surface area is 61.3 Å². The maximum atomic E-state index is 6.58. The van der Waals surface area contributed by atoms with Gasteiger partial charge < -0.3 is 9.58 Å². The standard InChI is InChI=1S/C8H11NO/c1-9-5-4-8-3-2-6-10-7-8/h7H,2-6H2. The molecule has 1 aliphatic heterocycles. The summed E-state index contributed by atoms with van der Waals surface area (Å²) in [5.74, 6) is 0. The van der Waals surface area contributed by atoms with E-state index in [1.54, 1.807) is 0 Å². The molecular weight excluding hydrogens is 126 g/mol. The van der Waals surface area contributed by atoms with Gasteiger partial charge in [-0.2, -0.15) is 0 Å². The molecule has 1 rings (SSSR count). The molecular formula is C8H11NO. The molecule has 2 heteroatoms. The highest BCUT2D eigenvalue weighted by atomic mass is 16.5. The van der Waals surface area contributed by atoms with Crippen molar-refractivity contribution < 1.29 is 4.74 Å². The van der Waals surface area contributed by atoms with Crippen LogP contribution in [0.15, 0.2) is 11.8 Å². The second-order valence-corrected chi connectivity index (χ2v) is 2.38. The van der Waals surface area contributed by atoms with Crippen molar-refractivity contribution in [1.29, 1.82) is 0 Å². The first-order valence-corrected chi connectivity index (χ1v) is 3.56. The molecule has 0 atom stereocenters. The smallest absolute Gasteiger partial charge is 0.218 e. The van der Waals surface area contributed by atoms with Crippen molar-refractivity contribution >= 4 is 0 Å². The van der Waals surface area contributed by atoms with Crippen molar-refractivity contribution in [1.82, 2.24) is 0 Å². The lowest BCUT2D eigenvalue weighted by atomic mass is 10.1. The van der Waals surface area contributed by atoms with E-state index in [-0.39, 0.29) is 0 Å². The molecule has 54 valence electrons. The molecule has 0 spiro atoms. The van der Waals surface area contributed by atoms with Gasteiger partial charge in [0.15, 0.2) is 0 Å². The van der Waals surface area contributed by atoms with Crippen LogP contribution in [0.3, 0.4) is 0 Å². The largest absolute Gasteiger partial charge is 0.501 e. The molecule has 0 saturated carbocycles. The lowest BCUT2D eigenvalue weighted by Crippen LogP contribution is -1.99. The van der Waals surface area contributed by atoms with Gasteiger partial charge in [0.05, 0.1) is 12.9 Å². The van der Waals surface area contributed by atoms with Crippen molar-refractivity contribution in [2.24, 2.45) is 0 Å². The number of hydrogen-bond acceptors (Lipinski definition) is 1. The third kappa shape index (κ3) is 2.10. The van der Waals surface area contributed by atoms with Gasteiger partial charge in [0.2, 0.25) is 6.54 Å². The molecule has 1 heterocycles. The second-order valence-electron chi connectivity index (χ2n) is 2.38. The maximum Gasteiger partial charge on any atom is 0.218 e. The minimum Gasteiger partial charge on any atom is -0.501 e. The zero-order valence-electron chi connectivity index (χ0n) is 5.97. The quantitative estimate of drug-likeness (QED) is 0.531. The molecule has 0 N–H and O–H groups in total. The molecule has 0 fully saturated rings.